The van der Waals surface area contributed by atoms with E-state index in [1.54, 1.807) is 0 Å². The van der Waals surface area contributed by atoms with Gasteiger partial charge < -0.3 is 4.74 Å². The quantitative estimate of drug-likeness (QED) is 0.458. The summed E-state index contributed by atoms with van der Waals surface area (Å²) in [5.41, 5.74) is 0. The van der Waals surface area contributed by atoms with Gasteiger partial charge in [0.1, 0.15) is 5.78 Å². The van der Waals surface area contributed by atoms with E-state index in [1.165, 1.54) is 0 Å². The lowest BCUT2D eigenvalue weighted by atomic mass is 10.1. The standard InChI is InChI=1S/C10H16O4/c1-3-4-5-8(11)6-7-9(12)10(13)14-2/h3-7H2,1-2H3. The fourth-order valence-corrected chi connectivity index (χ4v) is 0.968. The molecule has 80 valence electrons. The van der Waals surface area contributed by atoms with Crippen molar-refractivity contribution in [1.82, 2.24) is 0 Å². The van der Waals surface area contributed by atoms with Crippen LogP contribution in [0.15, 0.2) is 0 Å². The van der Waals surface area contributed by atoms with Crippen LogP contribution in [0.25, 0.3) is 0 Å². The first kappa shape index (κ1) is 12.8. The highest BCUT2D eigenvalue weighted by atomic mass is 16.5. The lowest BCUT2D eigenvalue weighted by Crippen LogP contribution is -2.16. The molecule has 0 rings (SSSR count). The first-order valence-corrected chi connectivity index (χ1v) is 4.74. The van der Waals surface area contributed by atoms with Crippen LogP contribution in [0.5, 0.6) is 0 Å². The molecular formula is C10H16O4. The fraction of sp³-hybridized carbons (Fsp3) is 0.700. The zero-order valence-electron chi connectivity index (χ0n) is 8.67. The first-order chi connectivity index (χ1) is 6.61. The Labute approximate surface area is 83.6 Å². The van der Waals surface area contributed by atoms with Gasteiger partial charge >= 0.3 is 5.97 Å². The van der Waals surface area contributed by atoms with Crippen LogP contribution in [0.2, 0.25) is 0 Å². The molecule has 0 aliphatic rings. The van der Waals surface area contributed by atoms with Gasteiger partial charge in [-0.15, -0.1) is 0 Å². The minimum absolute atomic E-state index is 0.0316. The van der Waals surface area contributed by atoms with Gasteiger partial charge in [0.05, 0.1) is 7.11 Å². The molecule has 0 atom stereocenters. The van der Waals surface area contributed by atoms with Gasteiger partial charge in [-0.2, -0.15) is 0 Å². The zero-order chi connectivity index (χ0) is 11.0. The molecule has 0 aromatic heterocycles. The van der Waals surface area contributed by atoms with Crippen molar-refractivity contribution < 1.29 is 19.1 Å². The van der Waals surface area contributed by atoms with Crippen LogP contribution in [-0.2, 0) is 19.1 Å². The van der Waals surface area contributed by atoms with Gasteiger partial charge in [0.2, 0.25) is 5.78 Å². The average molecular weight is 200 g/mol. The lowest BCUT2D eigenvalue weighted by Gasteiger charge is -1.98. The highest BCUT2D eigenvalue weighted by Crippen LogP contribution is 2.02. The van der Waals surface area contributed by atoms with Gasteiger partial charge in [-0.3, -0.25) is 9.59 Å². The number of unbranched alkanes of at least 4 members (excludes halogenated alkanes) is 1. The van der Waals surface area contributed by atoms with E-state index in [-0.39, 0.29) is 18.6 Å². The van der Waals surface area contributed by atoms with Gasteiger partial charge in [-0.25, -0.2) is 4.79 Å². The number of carbonyl (C=O) groups excluding carboxylic acids is 3. The molecule has 0 fully saturated rings. The number of ketones is 2. The van der Waals surface area contributed by atoms with E-state index < -0.39 is 11.8 Å². The predicted molar refractivity (Wildman–Crippen MR) is 50.8 cm³/mol. The summed E-state index contributed by atoms with van der Waals surface area (Å²) in [5, 5.41) is 0. The molecule has 0 amide bonds. The van der Waals surface area contributed by atoms with E-state index in [1.807, 2.05) is 6.92 Å². The van der Waals surface area contributed by atoms with Crippen LogP contribution < -0.4 is 0 Å². The van der Waals surface area contributed by atoms with Gasteiger partial charge in [-0.1, -0.05) is 13.3 Å². The maximum absolute atomic E-state index is 11.1. The van der Waals surface area contributed by atoms with Crippen LogP contribution >= 0.6 is 0 Å². The minimum Gasteiger partial charge on any atom is -0.463 e. The molecule has 0 aromatic rings. The lowest BCUT2D eigenvalue weighted by molar-refractivity contribution is -0.151. The summed E-state index contributed by atoms with van der Waals surface area (Å²) in [7, 11) is 1.15. The molecule has 4 nitrogen and oxygen atoms in total. The molecule has 0 aromatic carbocycles. The minimum atomic E-state index is -0.867. The Kier molecular flexibility index (Phi) is 6.62. The predicted octanol–water partition coefficient (Wildman–Crippen LogP) is 1.27. The molecule has 14 heavy (non-hydrogen) atoms. The van der Waals surface area contributed by atoms with Crippen LogP contribution in [-0.4, -0.2) is 24.6 Å². The smallest absolute Gasteiger partial charge is 0.374 e. The van der Waals surface area contributed by atoms with Gasteiger partial charge in [0.15, 0.2) is 0 Å². The SMILES string of the molecule is CCCCC(=O)CCC(=O)C(=O)OC. The summed E-state index contributed by atoms with van der Waals surface area (Å²) in [6.07, 6.45) is 2.40. The molecule has 0 heterocycles. The third-order valence-corrected chi connectivity index (χ3v) is 1.85. The number of ether oxygens (including phenoxy) is 1. The Morgan fingerprint density at radius 2 is 1.71 bits per heavy atom. The van der Waals surface area contributed by atoms with E-state index in [0.717, 1.165) is 20.0 Å². The van der Waals surface area contributed by atoms with Crippen molar-refractivity contribution in [3.63, 3.8) is 0 Å². The average Bonchev–Trinajstić information content (AvgIpc) is 2.21. The summed E-state index contributed by atoms with van der Waals surface area (Å²) in [6, 6.07) is 0. The van der Waals surface area contributed by atoms with E-state index >= 15 is 0 Å². The maximum Gasteiger partial charge on any atom is 0.374 e. The molecule has 0 spiro atoms. The Bertz CT molecular complexity index is 220. The van der Waals surface area contributed by atoms with Crippen LogP contribution in [0, 0.1) is 0 Å². The van der Waals surface area contributed by atoms with Gasteiger partial charge in [0, 0.05) is 19.3 Å². The summed E-state index contributed by atoms with van der Waals surface area (Å²) in [4.78, 5) is 32.7. The number of methoxy groups -OCH3 is 1. The second-order valence-corrected chi connectivity index (χ2v) is 3.06. The number of hydrogen-bond donors (Lipinski definition) is 0. The number of rotatable bonds is 7. The van der Waals surface area contributed by atoms with Gasteiger partial charge in [-0.05, 0) is 6.42 Å². The molecule has 0 aliphatic heterocycles. The van der Waals surface area contributed by atoms with Crippen LogP contribution in [0.3, 0.4) is 0 Å². The molecular weight excluding hydrogens is 184 g/mol. The van der Waals surface area contributed by atoms with E-state index in [4.69, 9.17) is 0 Å². The number of esters is 1. The number of hydrogen-bond acceptors (Lipinski definition) is 4. The van der Waals surface area contributed by atoms with Crippen molar-refractivity contribution in [3.8, 4) is 0 Å². The van der Waals surface area contributed by atoms with Crippen molar-refractivity contribution >= 4 is 17.5 Å². The molecule has 0 N–H and O–H groups in total. The summed E-state index contributed by atoms with van der Waals surface area (Å²) in [6.45, 7) is 1.99. The van der Waals surface area contributed by atoms with Crippen molar-refractivity contribution in [2.45, 2.75) is 39.0 Å². The summed E-state index contributed by atoms with van der Waals surface area (Å²) in [5.74, 6) is -1.46. The Balaban J connectivity index is 3.66. The Morgan fingerprint density at radius 1 is 1.07 bits per heavy atom. The summed E-state index contributed by atoms with van der Waals surface area (Å²) < 4.78 is 4.23. The molecule has 0 saturated heterocycles. The molecule has 4 heteroatoms. The molecule has 0 radical (unpaired) electrons. The topological polar surface area (TPSA) is 60.4 Å². The van der Waals surface area contributed by atoms with E-state index in [0.29, 0.717) is 6.42 Å². The maximum atomic E-state index is 11.1. The second kappa shape index (κ2) is 7.24. The highest BCUT2D eigenvalue weighted by molar-refractivity contribution is 6.33. The van der Waals surface area contributed by atoms with Crippen molar-refractivity contribution in [1.29, 1.82) is 0 Å². The van der Waals surface area contributed by atoms with Crippen molar-refractivity contribution in [3.05, 3.63) is 0 Å². The normalized spacial score (nSPS) is 9.57. The van der Waals surface area contributed by atoms with Crippen LogP contribution in [0.4, 0.5) is 0 Å². The highest BCUT2D eigenvalue weighted by Gasteiger charge is 2.14. The Morgan fingerprint density at radius 3 is 2.21 bits per heavy atom. The fourth-order valence-electron chi connectivity index (χ4n) is 0.968. The summed E-state index contributed by atoms with van der Waals surface area (Å²) >= 11 is 0. The molecule has 0 bridgehead atoms. The first-order valence-electron chi connectivity index (χ1n) is 4.74. The molecule has 0 aliphatic carbocycles. The van der Waals surface area contributed by atoms with Gasteiger partial charge in [0.25, 0.3) is 0 Å². The third kappa shape index (κ3) is 5.45. The monoisotopic (exact) mass is 200 g/mol. The van der Waals surface area contributed by atoms with Crippen molar-refractivity contribution in [2.24, 2.45) is 0 Å². The molecule has 0 saturated carbocycles. The Hall–Kier alpha value is -1.19. The molecule has 0 unspecified atom stereocenters. The van der Waals surface area contributed by atoms with Crippen LogP contribution in [0.1, 0.15) is 39.0 Å². The number of carbonyl (C=O) groups is 3. The number of Topliss-reactive ketones (excluding diaryl/α,β-unsaturated/α-hetero) is 2. The zero-order valence-corrected chi connectivity index (χ0v) is 8.67. The second-order valence-electron chi connectivity index (χ2n) is 3.06. The van der Waals surface area contributed by atoms with E-state index in [2.05, 4.69) is 4.74 Å². The van der Waals surface area contributed by atoms with E-state index in [9.17, 15) is 14.4 Å². The third-order valence-electron chi connectivity index (χ3n) is 1.85. The largest absolute Gasteiger partial charge is 0.463 e. The van der Waals surface area contributed by atoms with Crippen molar-refractivity contribution in [2.75, 3.05) is 7.11 Å².